The minimum atomic E-state index is -1.03. The minimum absolute atomic E-state index is 0.00657. The molecule has 1 N–H and O–H groups in total. The summed E-state index contributed by atoms with van der Waals surface area (Å²) in [6.07, 6.45) is 3.99. The molecule has 0 heterocycles. The van der Waals surface area contributed by atoms with Crippen LogP contribution in [0.5, 0.6) is 0 Å². The van der Waals surface area contributed by atoms with Gasteiger partial charge in [0.25, 0.3) is 0 Å². The van der Waals surface area contributed by atoms with E-state index in [0.29, 0.717) is 6.61 Å². The zero-order valence-electron chi connectivity index (χ0n) is 6.95. The second-order valence-corrected chi connectivity index (χ2v) is 2.00. The van der Waals surface area contributed by atoms with Crippen LogP contribution >= 0.6 is 0 Å². The van der Waals surface area contributed by atoms with Crippen molar-refractivity contribution >= 4 is 5.97 Å². The molecule has 4 heteroatoms. The molecule has 1 unspecified atom stereocenters. The summed E-state index contributed by atoms with van der Waals surface area (Å²) in [5, 5.41) is 8.55. The van der Waals surface area contributed by atoms with Gasteiger partial charge in [-0.2, -0.15) is 0 Å². The van der Waals surface area contributed by atoms with E-state index < -0.39 is 12.1 Å². The number of ether oxygens (including phenoxy) is 2. The lowest BCUT2D eigenvalue weighted by molar-refractivity contribution is -0.153. The molecule has 0 aliphatic carbocycles. The molecule has 0 fully saturated rings. The number of carboxylic acid groups (broad SMARTS) is 1. The van der Waals surface area contributed by atoms with Gasteiger partial charge in [0.15, 0.2) is 6.10 Å². The van der Waals surface area contributed by atoms with E-state index in [4.69, 9.17) is 21.0 Å². The van der Waals surface area contributed by atoms with Crippen LogP contribution in [0.4, 0.5) is 0 Å². The number of carboxylic acids is 1. The van der Waals surface area contributed by atoms with Gasteiger partial charge in [-0.15, -0.1) is 6.42 Å². The molecule has 0 spiro atoms. The highest BCUT2D eigenvalue weighted by atomic mass is 16.5. The quantitative estimate of drug-likeness (QED) is 0.457. The Hall–Kier alpha value is -1.05. The molecule has 0 saturated carbocycles. The summed E-state index contributed by atoms with van der Waals surface area (Å²) in [6.45, 7) is 2.16. The normalized spacial score (nSPS) is 12.0. The van der Waals surface area contributed by atoms with Crippen LogP contribution in [0.1, 0.15) is 6.92 Å². The van der Waals surface area contributed by atoms with Crippen molar-refractivity contribution in [2.75, 3.05) is 19.8 Å². The van der Waals surface area contributed by atoms with Gasteiger partial charge in [0.2, 0.25) is 0 Å². The molecule has 0 bridgehead atoms. The van der Waals surface area contributed by atoms with E-state index in [0.717, 1.165) is 0 Å². The summed E-state index contributed by atoms with van der Waals surface area (Å²) in [5.41, 5.74) is 0. The summed E-state index contributed by atoms with van der Waals surface area (Å²) < 4.78 is 9.67. The van der Waals surface area contributed by atoms with Gasteiger partial charge < -0.3 is 14.6 Å². The summed E-state index contributed by atoms with van der Waals surface area (Å²) in [6, 6.07) is 0. The van der Waals surface area contributed by atoms with E-state index >= 15 is 0 Å². The summed E-state index contributed by atoms with van der Waals surface area (Å²) >= 11 is 0. The van der Waals surface area contributed by atoms with Crippen LogP contribution in [0.25, 0.3) is 0 Å². The fourth-order valence-corrected chi connectivity index (χ4v) is 0.617. The average Bonchev–Trinajstić information content (AvgIpc) is 2.03. The van der Waals surface area contributed by atoms with Crippen molar-refractivity contribution in [3.05, 3.63) is 0 Å². The highest BCUT2D eigenvalue weighted by Crippen LogP contribution is 1.93. The van der Waals surface area contributed by atoms with E-state index in [1.165, 1.54) is 0 Å². The number of aliphatic carboxylic acids is 1. The second kappa shape index (κ2) is 6.65. The van der Waals surface area contributed by atoms with Gasteiger partial charge >= 0.3 is 5.97 Å². The number of hydrogen-bond acceptors (Lipinski definition) is 3. The lowest BCUT2D eigenvalue weighted by Gasteiger charge is -2.10. The first-order valence-electron chi connectivity index (χ1n) is 3.58. The summed E-state index contributed by atoms with van der Waals surface area (Å²) in [4.78, 5) is 10.4. The van der Waals surface area contributed by atoms with Crippen LogP contribution in [0.2, 0.25) is 0 Å². The summed E-state index contributed by atoms with van der Waals surface area (Å²) in [7, 11) is 0. The topological polar surface area (TPSA) is 55.8 Å². The molecule has 1 atom stereocenters. The van der Waals surface area contributed by atoms with Crippen molar-refractivity contribution in [1.29, 1.82) is 0 Å². The number of rotatable bonds is 6. The largest absolute Gasteiger partial charge is 0.479 e. The van der Waals surface area contributed by atoms with Gasteiger partial charge in [0.1, 0.15) is 6.61 Å². The molecular formula is C8H12O4. The highest BCUT2D eigenvalue weighted by molar-refractivity contribution is 5.72. The molecular weight excluding hydrogens is 160 g/mol. The molecule has 0 aromatic rings. The fraction of sp³-hybridized carbons (Fsp3) is 0.625. The number of hydrogen-bond donors (Lipinski definition) is 1. The molecule has 0 aromatic heterocycles. The van der Waals surface area contributed by atoms with Crippen LogP contribution in [0.15, 0.2) is 0 Å². The van der Waals surface area contributed by atoms with E-state index in [2.05, 4.69) is 5.92 Å². The second-order valence-electron chi connectivity index (χ2n) is 2.00. The maximum absolute atomic E-state index is 10.4. The van der Waals surface area contributed by atoms with Crippen molar-refractivity contribution < 1.29 is 19.4 Å². The SMILES string of the molecule is C#CCOCC(OCC)C(=O)O. The Morgan fingerprint density at radius 2 is 2.42 bits per heavy atom. The highest BCUT2D eigenvalue weighted by Gasteiger charge is 2.16. The lowest BCUT2D eigenvalue weighted by atomic mass is 10.4. The van der Waals surface area contributed by atoms with Crippen LogP contribution in [0, 0.1) is 12.3 Å². The maximum Gasteiger partial charge on any atom is 0.335 e. The Kier molecular flexibility index (Phi) is 6.07. The van der Waals surface area contributed by atoms with Gasteiger partial charge in [-0.3, -0.25) is 0 Å². The molecule has 0 aliphatic rings. The van der Waals surface area contributed by atoms with Crippen LogP contribution in [-0.4, -0.2) is 37.0 Å². The molecule has 0 amide bonds. The van der Waals surface area contributed by atoms with E-state index in [9.17, 15) is 4.79 Å². The first-order chi connectivity index (χ1) is 5.72. The predicted molar refractivity (Wildman–Crippen MR) is 42.7 cm³/mol. The predicted octanol–water partition coefficient (Wildman–Crippen LogP) is 0.126. The molecule has 0 aliphatic heterocycles. The summed E-state index contributed by atoms with van der Waals surface area (Å²) in [5.74, 6) is 1.20. The minimum Gasteiger partial charge on any atom is -0.479 e. The Morgan fingerprint density at radius 3 is 2.83 bits per heavy atom. The van der Waals surface area contributed by atoms with Crippen molar-refractivity contribution in [3.8, 4) is 12.3 Å². The van der Waals surface area contributed by atoms with Crippen molar-refractivity contribution in [3.63, 3.8) is 0 Å². The fourth-order valence-electron chi connectivity index (χ4n) is 0.617. The van der Waals surface area contributed by atoms with Gasteiger partial charge in [-0.25, -0.2) is 4.79 Å². The third kappa shape index (κ3) is 4.72. The molecule has 0 radical (unpaired) electrons. The molecule has 0 saturated heterocycles. The third-order valence-corrected chi connectivity index (χ3v) is 1.10. The zero-order chi connectivity index (χ0) is 9.40. The molecule has 68 valence electrons. The van der Waals surface area contributed by atoms with Gasteiger partial charge in [0.05, 0.1) is 6.61 Å². The molecule has 0 aromatic carbocycles. The lowest BCUT2D eigenvalue weighted by Crippen LogP contribution is -2.29. The smallest absolute Gasteiger partial charge is 0.335 e. The molecule has 4 nitrogen and oxygen atoms in total. The Bertz CT molecular complexity index is 170. The molecule has 0 rings (SSSR count). The maximum atomic E-state index is 10.4. The van der Waals surface area contributed by atoms with Crippen LogP contribution in [-0.2, 0) is 14.3 Å². The number of terminal acetylenes is 1. The Morgan fingerprint density at radius 1 is 1.75 bits per heavy atom. The van der Waals surface area contributed by atoms with E-state index in [1.54, 1.807) is 6.92 Å². The van der Waals surface area contributed by atoms with Gasteiger partial charge in [-0.1, -0.05) is 5.92 Å². The van der Waals surface area contributed by atoms with Gasteiger partial charge in [0, 0.05) is 6.61 Å². The van der Waals surface area contributed by atoms with E-state index in [1.807, 2.05) is 0 Å². The van der Waals surface area contributed by atoms with Crippen molar-refractivity contribution in [2.24, 2.45) is 0 Å². The monoisotopic (exact) mass is 172 g/mol. The Labute approximate surface area is 71.5 Å². The van der Waals surface area contributed by atoms with Crippen molar-refractivity contribution in [1.82, 2.24) is 0 Å². The first kappa shape index (κ1) is 11.0. The van der Waals surface area contributed by atoms with Crippen molar-refractivity contribution in [2.45, 2.75) is 13.0 Å². The van der Waals surface area contributed by atoms with Gasteiger partial charge in [-0.05, 0) is 6.92 Å². The number of carbonyl (C=O) groups is 1. The Balaban J connectivity index is 3.65. The average molecular weight is 172 g/mol. The van der Waals surface area contributed by atoms with E-state index in [-0.39, 0.29) is 13.2 Å². The standard InChI is InChI=1S/C8H12O4/c1-3-5-11-6-7(8(9)10)12-4-2/h1,7H,4-6H2,2H3,(H,9,10). The zero-order valence-corrected chi connectivity index (χ0v) is 6.95. The molecule has 12 heavy (non-hydrogen) atoms. The van der Waals surface area contributed by atoms with Crippen LogP contribution < -0.4 is 0 Å². The first-order valence-corrected chi connectivity index (χ1v) is 3.58. The third-order valence-electron chi connectivity index (χ3n) is 1.10. The van der Waals surface area contributed by atoms with Crippen LogP contribution in [0.3, 0.4) is 0 Å².